The fraction of sp³-hybridized carbons (Fsp3) is 0.574. The number of ether oxygens (including phenoxy) is 3. The standard InChI is InChI=1S/C22H30N2O6S.C19H25NO5S.C17H22N2O5S.C17H21NO5S.C16H20BrNO5S.C3H7BO2/c1-22(31(2,26)27,21(25)24-30-20-5-3-4-12-28-20)14-18-13-19(23-29-18)17-10-8-16(9-11-17)15-6-7-15;1-4-24-18(21)19(2,26(3,22)23)12-16-11-17(20-25-16)15-9-7-14(8-10-15)13-5-6-13;1-17(16(20)18-21,25(2,22)23)10-14-9-15(19-24-14)13-7-5-12(6-8-13)11-3-4-11;1-17(16(19)20,24(2,21)22)10-14-9-15(18-23-14)13-7-5-12(6-8-13)11-3-4-11;1-4-22-15(19)16(2,24(3,20)21)10-13-9-14(18-23-13)11-5-7-12(17)8-6-11;5-4(6)3-1-2-3/h8-11,15,18,20H,3-7,12-14H2,1-2H3,(H,24,25);7-10,13,16H,4-6,11-12H2,1-3H3;5-8,11,14,21H,3-4,9-10H2,1-2H3,(H,18,20);5-8,11,14H,3-4,9-10H2,1-2H3,(H,19,20);5-8,13H,4,9-10H2,1-3H3;3,5-6H,1-2H2. The Hall–Kier alpha value is -9.11. The van der Waals surface area contributed by atoms with Crippen LogP contribution in [0.4, 0.5) is 0 Å². The Kier molecular flexibility index (Phi) is 35.5. The quantitative estimate of drug-likeness (QED) is 0.00964. The average Bonchev–Trinajstić information content (AvgIpc) is 1.48. The normalized spacial score (nSPS) is 22.9. The van der Waals surface area contributed by atoms with E-state index in [1.807, 2.05) is 72.8 Å². The number of carbonyl (C=O) groups is 5. The lowest BCUT2D eigenvalue weighted by atomic mass is 9.84. The van der Waals surface area contributed by atoms with Gasteiger partial charge in [-0.25, -0.2) is 57.9 Å². The lowest BCUT2D eigenvalue weighted by Crippen LogP contribution is -2.52. The van der Waals surface area contributed by atoms with Crippen molar-refractivity contribution in [1.29, 1.82) is 0 Å². The number of hydrogen-bond acceptors (Lipinski definition) is 32. The molecule has 744 valence electrons. The summed E-state index contributed by atoms with van der Waals surface area (Å²) in [6.07, 6.45) is 18.3. The summed E-state index contributed by atoms with van der Waals surface area (Å²) in [5.41, 5.74) is 17.5. The van der Waals surface area contributed by atoms with Crippen molar-refractivity contribution < 1.29 is 130 Å². The molecule has 5 aliphatic carbocycles. The number of hydroxylamine groups is 2. The fourth-order valence-corrected chi connectivity index (χ4v) is 20.4. The number of esters is 2. The van der Waals surface area contributed by atoms with E-state index in [9.17, 15) is 71.2 Å². The molecular formula is C94H125BBrN7O28S5. The molecular weight excluding hydrogens is 1930 g/mol. The topological polar surface area (TPSA) is 506 Å². The zero-order valence-corrected chi connectivity index (χ0v) is 84.3. The van der Waals surface area contributed by atoms with Crippen LogP contribution in [0.5, 0.6) is 0 Å². The largest absolute Gasteiger partial charge is 0.480 e. The SMILES string of the molecule is CC(CC1CC(c2ccc(C3CC3)cc2)=NO1)(C(=O)NO)S(C)(=O)=O.CC(CC1CC(c2ccc(C3CC3)cc2)=NO1)(C(=O)NOC1CCCCO1)S(C)(=O)=O.CC(CC1CC(c2ccc(C3CC3)cc2)=NO1)(C(=O)O)S(C)(=O)=O.CCOC(=O)C(C)(CC1CC(c2ccc(Br)cc2)=NO1)S(C)(=O)=O.CCOC(=O)C(C)(CC1CC(c2ccc(C3CC3)cc2)=NO1)S(C)(=O)=O.OB(O)C1CC1. The van der Waals surface area contributed by atoms with E-state index in [4.69, 9.17) is 58.5 Å². The molecule has 1 saturated heterocycles. The van der Waals surface area contributed by atoms with Crippen LogP contribution in [0.15, 0.2) is 152 Å². The number of carboxylic acid groups (broad SMARTS) is 1. The van der Waals surface area contributed by atoms with Crippen LogP contribution in [0.1, 0.15) is 270 Å². The van der Waals surface area contributed by atoms with Gasteiger partial charge in [0.15, 0.2) is 79.2 Å². The molecule has 6 fully saturated rings. The molecule has 2 amide bonds. The van der Waals surface area contributed by atoms with Gasteiger partial charge in [-0.2, -0.15) is 0 Å². The van der Waals surface area contributed by atoms with Crippen LogP contribution in [0, 0.1) is 0 Å². The number of halogens is 1. The Morgan fingerprint density at radius 1 is 0.397 bits per heavy atom. The molecule has 11 aliphatic rings. The number of carboxylic acids is 1. The third-order valence-electron chi connectivity index (χ3n) is 26.6. The molecule has 6 aliphatic heterocycles. The van der Waals surface area contributed by atoms with Gasteiger partial charge in [0, 0.05) is 113 Å². The number of benzene rings is 5. The monoisotopic (exact) mass is 2050 g/mol. The molecule has 42 heteroatoms. The Labute approximate surface area is 804 Å². The van der Waals surface area contributed by atoms with Crippen LogP contribution in [0.25, 0.3) is 0 Å². The highest BCUT2D eigenvalue weighted by Gasteiger charge is 2.53. The van der Waals surface area contributed by atoms with Crippen molar-refractivity contribution in [2.75, 3.05) is 51.1 Å². The number of sulfone groups is 5. The van der Waals surface area contributed by atoms with Crippen molar-refractivity contribution in [3.05, 3.63) is 176 Å². The first-order valence-electron chi connectivity index (χ1n) is 45.7. The van der Waals surface area contributed by atoms with Crippen molar-refractivity contribution in [2.24, 2.45) is 25.8 Å². The molecule has 5 saturated carbocycles. The summed E-state index contributed by atoms with van der Waals surface area (Å²) in [6, 6.07) is 40.5. The highest BCUT2D eigenvalue weighted by molar-refractivity contribution is 9.10. The molecule has 0 bridgehead atoms. The van der Waals surface area contributed by atoms with Crippen LogP contribution < -0.4 is 11.0 Å². The van der Waals surface area contributed by atoms with E-state index < -0.39 is 147 Å². The second-order valence-corrected chi connectivity index (χ2v) is 50.9. The first-order valence-corrected chi connectivity index (χ1v) is 55.9. The van der Waals surface area contributed by atoms with E-state index in [0.29, 0.717) is 68.8 Å². The second kappa shape index (κ2) is 45.0. The summed E-state index contributed by atoms with van der Waals surface area (Å²) in [5, 5.41) is 55.1. The van der Waals surface area contributed by atoms with Gasteiger partial charge in [-0.1, -0.05) is 164 Å². The van der Waals surface area contributed by atoms with Gasteiger partial charge in [0.05, 0.1) is 41.8 Å². The van der Waals surface area contributed by atoms with Crippen molar-refractivity contribution in [3.8, 4) is 0 Å². The molecule has 6 heterocycles. The van der Waals surface area contributed by atoms with Crippen molar-refractivity contribution in [1.82, 2.24) is 11.0 Å². The maximum atomic E-state index is 12.8. The molecule has 11 atom stereocenters. The van der Waals surface area contributed by atoms with Crippen molar-refractivity contribution in [3.63, 3.8) is 0 Å². The van der Waals surface area contributed by atoms with E-state index in [-0.39, 0.29) is 51.1 Å². The minimum Gasteiger partial charge on any atom is -0.480 e. The van der Waals surface area contributed by atoms with Gasteiger partial charge in [-0.3, -0.25) is 29.2 Å². The molecule has 11 unspecified atom stereocenters. The average molecular weight is 2050 g/mol. The van der Waals surface area contributed by atoms with Crippen LogP contribution in [0.2, 0.25) is 5.82 Å². The molecule has 0 spiro atoms. The number of rotatable bonds is 34. The number of carbonyl (C=O) groups excluding carboxylic acids is 4. The van der Waals surface area contributed by atoms with E-state index in [1.54, 1.807) is 13.8 Å². The Bertz CT molecular complexity index is 5860. The maximum Gasteiger partial charge on any atom is 0.454 e. The van der Waals surface area contributed by atoms with Gasteiger partial charge >= 0.3 is 25.0 Å². The molecule has 0 aromatic heterocycles. The van der Waals surface area contributed by atoms with E-state index in [2.05, 4.69) is 95.7 Å². The molecule has 136 heavy (non-hydrogen) atoms. The van der Waals surface area contributed by atoms with Crippen LogP contribution in [0.3, 0.4) is 0 Å². The maximum absolute atomic E-state index is 12.8. The number of hydrogen-bond donors (Lipinski definition) is 6. The third kappa shape index (κ3) is 28.0. The summed E-state index contributed by atoms with van der Waals surface area (Å²) in [6.45, 7) is 10.8. The van der Waals surface area contributed by atoms with Crippen molar-refractivity contribution >= 4 is 131 Å². The summed E-state index contributed by atoms with van der Waals surface area (Å²) in [4.78, 5) is 93.0. The molecule has 35 nitrogen and oxygen atoms in total. The third-order valence-corrected chi connectivity index (χ3v) is 37.0. The number of amides is 2. The Morgan fingerprint density at radius 3 is 0.882 bits per heavy atom. The van der Waals surface area contributed by atoms with Gasteiger partial charge in [-0.15, -0.1) is 0 Å². The number of oxime groups is 5. The van der Waals surface area contributed by atoms with Crippen LogP contribution in [-0.2, 0) is 116 Å². The van der Waals surface area contributed by atoms with Gasteiger partial charge in [0.1, 0.15) is 30.5 Å². The van der Waals surface area contributed by atoms with Gasteiger partial charge < -0.3 is 53.6 Å². The lowest BCUT2D eigenvalue weighted by molar-refractivity contribution is -0.201. The first-order chi connectivity index (χ1) is 63.9. The summed E-state index contributed by atoms with van der Waals surface area (Å²) >= 11 is 3.37. The summed E-state index contributed by atoms with van der Waals surface area (Å²) in [5.74, 6) is -1.62. The highest BCUT2D eigenvalue weighted by Crippen LogP contribution is 2.45. The molecule has 16 rings (SSSR count). The molecule has 5 aromatic rings. The van der Waals surface area contributed by atoms with Gasteiger partial charge in [0.25, 0.3) is 11.8 Å². The zero-order valence-electron chi connectivity index (χ0n) is 78.6. The Morgan fingerprint density at radius 2 is 0.662 bits per heavy atom. The molecule has 6 N–H and O–H groups in total. The predicted molar refractivity (Wildman–Crippen MR) is 514 cm³/mol. The number of nitrogens with one attached hydrogen (secondary N) is 2. The first kappa shape index (κ1) is 107. The van der Waals surface area contributed by atoms with E-state index in [1.165, 1.54) is 114 Å². The van der Waals surface area contributed by atoms with Gasteiger partial charge in [-0.05, 0) is 204 Å². The fourth-order valence-electron chi connectivity index (χ4n) is 15.9. The number of aliphatic carboxylic acids is 1. The van der Waals surface area contributed by atoms with E-state index >= 15 is 0 Å². The molecule has 0 radical (unpaired) electrons. The predicted octanol–water partition coefficient (Wildman–Crippen LogP) is 12.1. The second-order valence-electron chi connectivity index (χ2n) is 37.8. The van der Waals surface area contributed by atoms with Crippen LogP contribution in [-0.4, -0.2) is 239 Å². The molecule has 5 aromatic carbocycles. The van der Waals surface area contributed by atoms with Gasteiger partial charge in [0.2, 0.25) is 0 Å². The van der Waals surface area contributed by atoms with Crippen LogP contribution >= 0.6 is 15.9 Å². The summed E-state index contributed by atoms with van der Waals surface area (Å²) < 4.78 is 129. The zero-order chi connectivity index (χ0) is 99.3. The minimum absolute atomic E-state index is 0.00576. The Balaban J connectivity index is 0.000000161. The lowest BCUT2D eigenvalue weighted by Gasteiger charge is -2.29. The smallest absolute Gasteiger partial charge is 0.454 e. The highest BCUT2D eigenvalue weighted by atomic mass is 79.9. The summed E-state index contributed by atoms with van der Waals surface area (Å²) in [7, 11) is -19.7. The van der Waals surface area contributed by atoms with E-state index in [0.717, 1.165) is 118 Å². The minimum atomic E-state index is -3.77. The number of nitrogens with zero attached hydrogens (tertiary/aromatic N) is 5. The van der Waals surface area contributed by atoms with Crippen molar-refractivity contribution in [2.45, 2.75) is 286 Å².